The van der Waals surface area contributed by atoms with Crippen molar-refractivity contribution in [1.82, 2.24) is 4.31 Å². The number of carboxylic acid groups (broad SMARTS) is 1. The number of aliphatic carboxylic acids is 1. The molecule has 0 bridgehead atoms. The quantitative estimate of drug-likeness (QED) is 0.836. The van der Waals surface area contributed by atoms with Crippen LogP contribution in [0.25, 0.3) is 0 Å². The van der Waals surface area contributed by atoms with Crippen molar-refractivity contribution < 1.29 is 22.7 Å². The minimum Gasteiger partial charge on any atom is -0.481 e. The molecule has 0 radical (unpaired) electrons. The Kier molecular flexibility index (Phi) is 4.84. The van der Waals surface area contributed by atoms with Crippen LogP contribution in [0, 0.1) is 11.7 Å². The molecule has 2 rings (SSSR count). The number of hydrogen-bond donors (Lipinski definition) is 2. The lowest BCUT2D eigenvalue weighted by molar-refractivity contribution is -0.142. The summed E-state index contributed by atoms with van der Waals surface area (Å²) in [5, 5.41) is 8.89. The standard InChI is InChI=1S/C12H14BrFN2O4S/c13-10-2-1-9(7-11(10)14)15-21(19,20)16-5-3-8(4-6-16)12(17)18/h1-2,7-8,15H,3-6H2,(H,17,18). The maximum Gasteiger partial charge on any atom is 0.306 e. The third-order valence-corrected chi connectivity index (χ3v) is 5.49. The first kappa shape index (κ1) is 16.2. The topological polar surface area (TPSA) is 86.7 Å². The highest BCUT2D eigenvalue weighted by atomic mass is 79.9. The highest BCUT2D eigenvalue weighted by Gasteiger charge is 2.31. The molecular weight excluding hydrogens is 367 g/mol. The summed E-state index contributed by atoms with van der Waals surface area (Å²) in [6, 6.07) is 3.92. The lowest BCUT2D eigenvalue weighted by atomic mass is 9.99. The highest BCUT2D eigenvalue weighted by Crippen LogP contribution is 2.23. The van der Waals surface area contributed by atoms with Crippen LogP contribution in [0.2, 0.25) is 0 Å². The molecule has 0 aliphatic carbocycles. The number of nitrogens with zero attached hydrogens (tertiary/aromatic N) is 1. The summed E-state index contributed by atoms with van der Waals surface area (Å²) in [7, 11) is -3.81. The largest absolute Gasteiger partial charge is 0.481 e. The van der Waals surface area contributed by atoms with E-state index in [0.29, 0.717) is 0 Å². The van der Waals surface area contributed by atoms with E-state index in [4.69, 9.17) is 5.11 Å². The molecule has 0 amide bonds. The van der Waals surface area contributed by atoms with Gasteiger partial charge in [0.25, 0.3) is 0 Å². The Balaban J connectivity index is 2.05. The minimum atomic E-state index is -3.81. The summed E-state index contributed by atoms with van der Waals surface area (Å²) in [6.45, 7) is 0.261. The third-order valence-electron chi connectivity index (χ3n) is 3.31. The second-order valence-electron chi connectivity index (χ2n) is 4.75. The molecule has 0 saturated carbocycles. The summed E-state index contributed by atoms with van der Waals surface area (Å²) in [6.07, 6.45) is 0.538. The van der Waals surface area contributed by atoms with Gasteiger partial charge in [-0.2, -0.15) is 12.7 Å². The van der Waals surface area contributed by atoms with E-state index in [2.05, 4.69) is 20.7 Å². The molecule has 0 spiro atoms. The van der Waals surface area contributed by atoms with Gasteiger partial charge in [-0.05, 0) is 47.0 Å². The van der Waals surface area contributed by atoms with Crippen molar-refractivity contribution in [3.05, 3.63) is 28.5 Å². The summed E-state index contributed by atoms with van der Waals surface area (Å²) in [5.41, 5.74) is 0.121. The zero-order valence-electron chi connectivity index (χ0n) is 10.9. The van der Waals surface area contributed by atoms with Gasteiger partial charge in [0.1, 0.15) is 5.82 Å². The molecule has 21 heavy (non-hydrogen) atoms. The van der Waals surface area contributed by atoms with Crippen LogP contribution in [0.5, 0.6) is 0 Å². The molecule has 6 nitrogen and oxygen atoms in total. The van der Waals surface area contributed by atoms with E-state index < -0.39 is 27.9 Å². The van der Waals surface area contributed by atoms with Gasteiger partial charge in [-0.15, -0.1) is 0 Å². The smallest absolute Gasteiger partial charge is 0.306 e. The molecule has 0 unspecified atom stereocenters. The molecule has 9 heteroatoms. The van der Waals surface area contributed by atoms with Crippen LogP contribution in [-0.4, -0.2) is 36.9 Å². The number of anilines is 1. The van der Waals surface area contributed by atoms with Gasteiger partial charge in [-0.1, -0.05) is 0 Å². The van der Waals surface area contributed by atoms with Gasteiger partial charge in [-0.25, -0.2) is 4.39 Å². The Bertz CT molecular complexity index is 645. The summed E-state index contributed by atoms with van der Waals surface area (Å²) in [4.78, 5) is 10.8. The first-order chi connectivity index (χ1) is 9.79. The van der Waals surface area contributed by atoms with Gasteiger partial charge in [0, 0.05) is 13.1 Å². The van der Waals surface area contributed by atoms with E-state index in [1.165, 1.54) is 16.4 Å². The third kappa shape index (κ3) is 3.92. The fourth-order valence-electron chi connectivity index (χ4n) is 2.12. The normalized spacial score (nSPS) is 17.6. The Morgan fingerprint density at radius 1 is 1.38 bits per heavy atom. The first-order valence-electron chi connectivity index (χ1n) is 6.25. The maximum atomic E-state index is 13.4. The predicted molar refractivity (Wildman–Crippen MR) is 78.6 cm³/mol. The number of benzene rings is 1. The highest BCUT2D eigenvalue weighted by molar-refractivity contribution is 9.10. The first-order valence-corrected chi connectivity index (χ1v) is 8.48. The molecule has 1 aliphatic heterocycles. The fraction of sp³-hybridized carbons (Fsp3) is 0.417. The number of rotatable bonds is 4. The Labute approximate surface area is 130 Å². The average molecular weight is 381 g/mol. The van der Waals surface area contributed by atoms with E-state index in [-0.39, 0.29) is 36.1 Å². The molecule has 116 valence electrons. The number of hydrogen-bond acceptors (Lipinski definition) is 3. The lowest BCUT2D eigenvalue weighted by Crippen LogP contribution is -2.42. The molecule has 0 atom stereocenters. The monoisotopic (exact) mass is 380 g/mol. The van der Waals surface area contributed by atoms with Gasteiger partial charge < -0.3 is 5.11 Å². The maximum absolute atomic E-state index is 13.4. The van der Waals surface area contributed by atoms with Crippen LogP contribution in [0.4, 0.5) is 10.1 Å². The van der Waals surface area contributed by atoms with E-state index in [1.54, 1.807) is 0 Å². The minimum absolute atomic E-state index is 0.121. The second-order valence-corrected chi connectivity index (χ2v) is 7.27. The van der Waals surface area contributed by atoms with Crippen molar-refractivity contribution >= 4 is 37.8 Å². The summed E-state index contributed by atoms with van der Waals surface area (Å²) in [5.74, 6) is -1.99. The molecule has 1 aromatic rings. The van der Waals surface area contributed by atoms with Crippen LogP contribution in [0.3, 0.4) is 0 Å². The van der Waals surface area contributed by atoms with E-state index >= 15 is 0 Å². The predicted octanol–water partition coefficient (Wildman–Crippen LogP) is 2.04. The number of nitrogens with one attached hydrogen (secondary N) is 1. The molecule has 1 heterocycles. The summed E-state index contributed by atoms with van der Waals surface area (Å²) < 4.78 is 41.4. The number of piperidine rings is 1. The Morgan fingerprint density at radius 3 is 2.52 bits per heavy atom. The molecule has 2 N–H and O–H groups in total. The van der Waals surface area contributed by atoms with E-state index in [0.717, 1.165) is 6.07 Å². The van der Waals surface area contributed by atoms with Crippen molar-refractivity contribution in [2.75, 3.05) is 17.8 Å². The fourth-order valence-corrected chi connectivity index (χ4v) is 3.61. The zero-order valence-corrected chi connectivity index (χ0v) is 13.3. The van der Waals surface area contributed by atoms with Crippen molar-refractivity contribution in [2.45, 2.75) is 12.8 Å². The van der Waals surface area contributed by atoms with Gasteiger partial charge in [0.2, 0.25) is 0 Å². The molecule has 0 aromatic heterocycles. The van der Waals surface area contributed by atoms with Crippen molar-refractivity contribution in [3.8, 4) is 0 Å². The van der Waals surface area contributed by atoms with Crippen LogP contribution >= 0.6 is 15.9 Å². The van der Waals surface area contributed by atoms with Crippen molar-refractivity contribution in [3.63, 3.8) is 0 Å². The SMILES string of the molecule is O=C(O)C1CCN(S(=O)(=O)Nc2ccc(Br)c(F)c2)CC1. The van der Waals surface area contributed by atoms with Crippen LogP contribution in [0.1, 0.15) is 12.8 Å². The average Bonchev–Trinajstić information content (AvgIpc) is 2.43. The van der Waals surface area contributed by atoms with Crippen molar-refractivity contribution in [2.24, 2.45) is 5.92 Å². The van der Waals surface area contributed by atoms with Gasteiger partial charge in [0.15, 0.2) is 0 Å². The summed E-state index contributed by atoms with van der Waals surface area (Å²) >= 11 is 2.99. The molecule has 1 saturated heterocycles. The number of carbonyl (C=O) groups is 1. The zero-order chi connectivity index (χ0) is 15.6. The van der Waals surface area contributed by atoms with Crippen molar-refractivity contribution in [1.29, 1.82) is 0 Å². The van der Waals surface area contributed by atoms with E-state index in [1.807, 2.05) is 0 Å². The van der Waals surface area contributed by atoms with E-state index in [9.17, 15) is 17.6 Å². The Hall–Kier alpha value is -1.19. The Morgan fingerprint density at radius 2 is 2.00 bits per heavy atom. The van der Waals surface area contributed by atoms with Gasteiger partial charge in [0.05, 0.1) is 16.1 Å². The second kappa shape index (κ2) is 6.29. The van der Waals surface area contributed by atoms with Crippen LogP contribution < -0.4 is 4.72 Å². The lowest BCUT2D eigenvalue weighted by Gasteiger charge is -2.29. The van der Waals surface area contributed by atoms with Gasteiger partial charge >= 0.3 is 16.2 Å². The molecule has 1 aromatic carbocycles. The molecule has 1 aliphatic rings. The molecular formula is C12H14BrFN2O4S. The van der Waals surface area contributed by atoms with Gasteiger partial charge in [-0.3, -0.25) is 9.52 Å². The molecule has 1 fully saturated rings. The van der Waals surface area contributed by atoms with Crippen LogP contribution in [0.15, 0.2) is 22.7 Å². The number of carboxylic acids is 1. The van der Waals surface area contributed by atoms with Crippen LogP contribution in [-0.2, 0) is 15.0 Å². The number of halogens is 2.